The van der Waals surface area contributed by atoms with E-state index in [1.54, 1.807) is 12.3 Å². The molecule has 4 aromatic rings. The summed E-state index contributed by atoms with van der Waals surface area (Å²) in [5, 5.41) is 5.15. The van der Waals surface area contributed by atoms with E-state index in [2.05, 4.69) is 34.4 Å². The van der Waals surface area contributed by atoms with Crippen LogP contribution in [-0.4, -0.2) is 34.5 Å². The van der Waals surface area contributed by atoms with Gasteiger partial charge in [-0.15, -0.1) is 0 Å². The molecule has 0 fully saturated rings. The monoisotopic (exact) mass is 398 g/mol. The Morgan fingerprint density at radius 3 is 2.77 bits per heavy atom. The van der Waals surface area contributed by atoms with Crippen LogP contribution in [0.3, 0.4) is 0 Å². The van der Waals surface area contributed by atoms with Crippen LogP contribution in [0.25, 0.3) is 22.3 Å². The largest absolute Gasteiger partial charge is 0.370 e. The van der Waals surface area contributed by atoms with Crippen LogP contribution in [0.1, 0.15) is 21.6 Å². The number of fused-ring (bicyclic) bond motifs is 2. The van der Waals surface area contributed by atoms with Gasteiger partial charge in [0.2, 0.25) is 5.91 Å². The van der Waals surface area contributed by atoms with E-state index in [4.69, 9.17) is 15.7 Å². The minimum Gasteiger partial charge on any atom is -0.370 e. The third-order valence-corrected chi connectivity index (χ3v) is 5.55. The molecule has 2 aromatic carbocycles. The predicted octanol–water partition coefficient (Wildman–Crippen LogP) is 3.33. The predicted molar refractivity (Wildman–Crippen MR) is 119 cm³/mol. The smallest absolute Gasteiger partial charge is 0.249 e. The maximum atomic E-state index is 11.8. The van der Waals surface area contributed by atoms with Crippen LogP contribution in [0.2, 0.25) is 0 Å². The average Bonchev–Trinajstić information content (AvgIpc) is 3.36. The van der Waals surface area contributed by atoms with Crippen molar-refractivity contribution >= 4 is 28.2 Å². The minimum atomic E-state index is -0.451. The van der Waals surface area contributed by atoms with Crippen molar-refractivity contribution in [2.45, 2.75) is 13.0 Å². The summed E-state index contributed by atoms with van der Waals surface area (Å²) in [6.07, 6.45) is 2.66. The highest BCUT2D eigenvalue weighted by Crippen LogP contribution is 2.36. The van der Waals surface area contributed by atoms with Gasteiger partial charge in [-0.3, -0.25) is 4.79 Å². The third-order valence-electron chi connectivity index (χ3n) is 5.55. The summed E-state index contributed by atoms with van der Waals surface area (Å²) in [6, 6.07) is 15.7. The highest BCUT2D eigenvalue weighted by atomic mass is 16.1. The number of amides is 1. The van der Waals surface area contributed by atoms with Crippen molar-refractivity contribution in [3.8, 4) is 11.5 Å². The number of carbonyl (C=O) groups excluding carboxylic acids is 1. The number of aromatic amines is 1. The number of nitrogens with two attached hydrogens (primary N) is 1. The molecule has 7 heteroatoms. The number of nitrogens with zero attached hydrogens (tertiary/aromatic N) is 3. The van der Waals surface area contributed by atoms with Gasteiger partial charge >= 0.3 is 0 Å². The van der Waals surface area contributed by atoms with Crippen molar-refractivity contribution < 1.29 is 4.79 Å². The summed E-state index contributed by atoms with van der Waals surface area (Å²) < 4.78 is 0. The molecule has 5 rings (SSSR count). The zero-order valence-electron chi connectivity index (χ0n) is 16.6. The topological polar surface area (TPSA) is 99.9 Å². The van der Waals surface area contributed by atoms with Crippen molar-refractivity contribution in [2.24, 2.45) is 5.73 Å². The molecule has 0 atom stereocenters. The number of primary amides is 1. The minimum absolute atomic E-state index is 0.451. The number of hydrogen-bond acceptors (Lipinski definition) is 5. The first kappa shape index (κ1) is 18.2. The van der Waals surface area contributed by atoms with Crippen molar-refractivity contribution in [3.05, 3.63) is 71.5 Å². The molecule has 1 amide bonds. The zero-order valence-corrected chi connectivity index (χ0v) is 16.6. The number of anilines is 2. The molecule has 1 aliphatic rings. The van der Waals surface area contributed by atoms with E-state index in [9.17, 15) is 4.79 Å². The molecule has 0 spiro atoms. The first-order chi connectivity index (χ1) is 14.6. The van der Waals surface area contributed by atoms with Crippen molar-refractivity contribution in [3.63, 3.8) is 0 Å². The number of benzene rings is 2. The fourth-order valence-corrected chi connectivity index (χ4v) is 4.04. The molecule has 4 N–H and O–H groups in total. The molecular weight excluding hydrogens is 376 g/mol. The van der Waals surface area contributed by atoms with Gasteiger partial charge in [0.15, 0.2) is 11.6 Å². The summed E-state index contributed by atoms with van der Waals surface area (Å²) in [7, 11) is 2.06. The molecule has 1 aliphatic heterocycles. The van der Waals surface area contributed by atoms with Gasteiger partial charge in [0.25, 0.3) is 0 Å². The molecule has 3 heterocycles. The Morgan fingerprint density at radius 1 is 1.13 bits per heavy atom. The maximum Gasteiger partial charge on any atom is 0.249 e. The Labute approximate surface area is 174 Å². The summed E-state index contributed by atoms with van der Waals surface area (Å²) >= 11 is 0. The van der Waals surface area contributed by atoms with Crippen LogP contribution in [0.5, 0.6) is 0 Å². The van der Waals surface area contributed by atoms with Crippen molar-refractivity contribution in [1.29, 1.82) is 0 Å². The highest BCUT2D eigenvalue weighted by Gasteiger charge is 2.25. The molecule has 7 nitrogen and oxygen atoms in total. The van der Waals surface area contributed by atoms with Crippen LogP contribution < -0.4 is 16.0 Å². The second kappa shape index (κ2) is 7.18. The summed E-state index contributed by atoms with van der Waals surface area (Å²) in [6.45, 7) is 1.58. The Hall–Kier alpha value is -3.87. The molecular formula is C23H22N6O. The van der Waals surface area contributed by atoms with Gasteiger partial charge < -0.3 is 20.9 Å². The second-order valence-corrected chi connectivity index (χ2v) is 7.50. The van der Waals surface area contributed by atoms with Crippen molar-refractivity contribution in [1.82, 2.24) is 15.0 Å². The summed E-state index contributed by atoms with van der Waals surface area (Å²) in [5.41, 5.74) is 10.1. The lowest BCUT2D eigenvalue weighted by molar-refractivity contribution is 0.100. The first-order valence-corrected chi connectivity index (χ1v) is 9.92. The number of nitrogens with one attached hydrogen (secondary N) is 2. The van der Waals surface area contributed by atoms with E-state index in [0.717, 1.165) is 46.6 Å². The van der Waals surface area contributed by atoms with Gasteiger partial charge in [-0.2, -0.15) is 0 Å². The molecule has 0 aliphatic carbocycles. The van der Waals surface area contributed by atoms with Crippen LogP contribution in [0.15, 0.2) is 54.7 Å². The van der Waals surface area contributed by atoms with Gasteiger partial charge in [0.1, 0.15) is 5.69 Å². The van der Waals surface area contributed by atoms with E-state index in [0.29, 0.717) is 17.9 Å². The van der Waals surface area contributed by atoms with E-state index >= 15 is 0 Å². The van der Waals surface area contributed by atoms with E-state index < -0.39 is 5.91 Å². The third kappa shape index (κ3) is 3.04. The Bertz CT molecular complexity index is 1250. The Balaban J connectivity index is 1.59. The van der Waals surface area contributed by atoms with Crippen molar-refractivity contribution in [2.75, 3.05) is 23.8 Å². The molecule has 0 saturated carbocycles. The van der Waals surface area contributed by atoms with Crippen LogP contribution in [0, 0.1) is 0 Å². The van der Waals surface area contributed by atoms with Gasteiger partial charge in [0, 0.05) is 49.1 Å². The summed E-state index contributed by atoms with van der Waals surface area (Å²) in [4.78, 5) is 26.9. The standard InChI is InChI=1S/C23H22N6O/c1-29-11-10-18-20(29)23(26-12-14-6-3-2-4-7-14)28-22(27-18)19-15-8-5-9-16(21(24)30)17(15)13-25-19/h2-9,13,25H,10-12H2,1H3,(H2,24,30)(H,26,27,28). The second-order valence-electron chi connectivity index (χ2n) is 7.50. The Morgan fingerprint density at radius 2 is 1.97 bits per heavy atom. The lowest BCUT2D eigenvalue weighted by Gasteiger charge is -2.17. The van der Waals surface area contributed by atoms with Crippen LogP contribution in [0.4, 0.5) is 11.5 Å². The normalized spacial score (nSPS) is 12.9. The van der Waals surface area contributed by atoms with Gasteiger partial charge in [-0.05, 0) is 11.6 Å². The Kier molecular flexibility index (Phi) is 4.35. The average molecular weight is 398 g/mol. The molecule has 2 aromatic heterocycles. The molecule has 150 valence electrons. The number of H-pyrrole nitrogens is 1. The lowest BCUT2D eigenvalue weighted by atomic mass is 10.1. The van der Waals surface area contributed by atoms with E-state index in [1.165, 1.54) is 5.56 Å². The number of hydrogen-bond donors (Lipinski definition) is 3. The molecule has 0 saturated heterocycles. The fourth-order valence-electron chi connectivity index (χ4n) is 4.04. The number of rotatable bonds is 5. The quantitative estimate of drug-likeness (QED) is 0.479. The lowest BCUT2D eigenvalue weighted by Crippen LogP contribution is -2.15. The molecule has 0 radical (unpaired) electrons. The molecule has 0 unspecified atom stereocenters. The number of aromatic nitrogens is 3. The van der Waals surface area contributed by atoms with Crippen LogP contribution in [-0.2, 0) is 13.0 Å². The van der Waals surface area contributed by atoms with Crippen LogP contribution >= 0.6 is 0 Å². The highest BCUT2D eigenvalue weighted by molar-refractivity contribution is 6.09. The number of likely N-dealkylation sites (N-methyl/N-ethyl adjacent to an activating group) is 1. The molecule has 30 heavy (non-hydrogen) atoms. The van der Waals surface area contributed by atoms with Gasteiger partial charge in [-0.25, -0.2) is 9.97 Å². The summed E-state index contributed by atoms with van der Waals surface area (Å²) in [5.74, 6) is 0.969. The van der Waals surface area contributed by atoms with E-state index in [1.807, 2.05) is 30.3 Å². The van der Waals surface area contributed by atoms with Gasteiger partial charge in [-0.1, -0.05) is 42.5 Å². The zero-order chi connectivity index (χ0) is 20.7. The maximum absolute atomic E-state index is 11.8. The van der Waals surface area contributed by atoms with E-state index in [-0.39, 0.29) is 0 Å². The SMILES string of the molecule is CN1CCc2nc(-c3[nH]cc4c(C(N)=O)cccc34)nc(NCc3ccccc3)c21. The van der Waals surface area contributed by atoms with Gasteiger partial charge in [0.05, 0.1) is 11.4 Å². The molecule has 0 bridgehead atoms. The fraction of sp³-hybridized carbons (Fsp3) is 0.174. The number of carbonyl (C=O) groups is 1. The first-order valence-electron chi connectivity index (χ1n) is 9.92.